The Labute approximate surface area is 127 Å². The van der Waals surface area contributed by atoms with Crippen molar-refractivity contribution in [2.24, 2.45) is 0 Å². The molecule has 0 spiro atoms. The number of hydrogen-bond acceptors (Lipinski definition) is 3. The Kier molecular flexibility index (Phi) is 3.71. The molecule has 3 nitrogen and oxygen atoms in total. The van der Waals surface area contributed by atoms with Gasteiger partial charge in [0.15, 0.2) is 5.78 Å². The van der Waals surface area contributed by atoms with E-state index in [9.17, 15) is 4.79 Å². The van der Waals surface area contributed by atoms with Gasteiger partial charge in [-0.3, -0.25) is 4.79 Å². The van der Waals surface area contributed by atoms with Crippen LogP contribution in [0.5, 0.6) is 5.75 Å². The normalized spacial score (nSPS) is 10.8. The summed E-state index contributed by atoms with van der Waals surface area (Å²) in [4.78, 5) is 16.1. The van der Waals surface area contributed by atoms with E-state index in [0.717, 1.165) is 26.4 Å². The Morgan fingerprint density at radius 3 is 2.57 bits per heavy atom. The number of hydrogen-bond donors (Lipinski definition) is 1. The molecule has 0 amide bonds. The van der Waals surface area contributed by atoms with Gasteiger partial charge < -0.3 is 9.72 Å². The average molecular weight is 297 g/mol. The number of H-pyrrole nitrogens is 1. The molecule has 0 aliphatic carbocycles. The number of methoxy groups -OCH3 is 1. The second-order valence-corrected chi connectivity index (χ2v) is 5.80. The maximum absolute atomic E-state index is 11.8. The van der Waals surface area contributed by atoms with Crippen LogP contribution in [0.1, 0.15) is 17.4 Å². The van der Waals surface area contributed by atoms with Crippen LogP contribution in [0.25, 0.3) is 10.8 Å². The molecule has 0 saturated heterocycles. The second kappa shape index (κ2) is 5.66. The van der Waals surface area contributed by atoms with Gasteiger partial charge in [-0.1, -0.05) is 42.1 Å². The summed E-state index contributed by atoms with van der Waals surface area (Å²) in [5.41, 5.74) is 0.663. The highest BCUT2D eigenvalue weighted by Crippen LogP contribution is 2.35. The maximum atomic E-state index is 11.8. The van der Waals surface area contributed by atoms with Crippen LogP contribution in [0.15, 0.2) is 58.5 Å². The third-order valence-corrected chi connectivity index (χ3v) is 4.31. The minimum Gasteiger partial charge on any atom is -0.497 e. The monoisotopic (exact) mass is 297 g/mol. The molecule has 4 heteroatoms. The molecule has 0 saturated carbocycles. The van der Waals surface area contributed by atoms with Crippen LogP contribution in [0, 0.1) is 0 Å². The van der Waals surface area contributed by atoms with Crippen LogP contribution in [0.2, 0.25) is 0 Å². The van der Waals surface area contributed by atoms with E-state index in [4.69, 9.17) is 4.74 Å². The van der Waals surface area contributed by atoms with Crippen molar-refractivity contribution >= 4 is 28.3 Å². The van der Waals surface area contributed by atoms with E-state index >= 15 is 0 Å². The summed E-state index contributed by atoms with van der Waals surface area (Å²) in [7, 11) is 1.65. The summed E-state index contributed by atoms with van der Waals surface area (Å²) in [5.74, 6) is 0.867. The molecule has 3 rings (SSSR count). The number of benzene rings is 2. The summed E-state index contributed by atoms with van der Waals surface area (Å²) in [5, 5.41) is 3.01. The van der Waals surface area contributed by atoms with Gasteiger partial charge in [0.2, 0.25) is 0 Å². The lowest BCUT2D eigenvalue weighted by Gasteiger charge is -2.03. The molecule has 0 fully saturated rings. The number of aromatic nitrogens is 1. The fraction of sp³-hybridized carbons (Fsp3) is 0.118. The van der Waals surface area contributed by atoms with Crippen LogP contribution in [0.3, 0.4) is 0 Å². The first-order valence-corrected chi connectivity index (χ1v) is 7.44. The molecule has 2 aromatic carbocycles. The molecule has 1 aromatic heterocycles. The first-order valence-electron chi connectivity index (χ1n) is 6.62. The topological polar surface area (TPSA) is 42.1 Å². The van der Waals surface area contributed by atoms with Crippen LogP contribution in [-0.4, -0.2) is 17.9 Å². The number of nitrogens with one attached hydrogen (secondary N) is 1. The van der Waals surface area contributed by atoms with Crippen LogP contribution in [-0.2, 0) is 0 Å². The third-order valence-electron chi connectivity index (χ3n) is 3.29. The van der Waals surface area contributed by atoms with Gasteiger partial charge in [-0.25, -0.2) is 0 Å². The van der Waals surface area contributed by atoms with Gasteiger partial charge in [-0.05, 0) is 18.2 Å². The van der Waals surface area contributed by atoms with E-state index in [2.05, 4.69) is 4.98 Å². The lowest BCUT2D eigenvalue weighted by atomic mass is 10.1. The van der Waals surface area contributed by atoms with Crippen LogP contribution in [0.4, 0.5) is 0 Å². The Morgan fingerprint density at radius 2 is 1.86 bits per heavy atom. The molecule has 106 valence electrons. The van der Waals surface area contributed by atoms with Crippen molar-refractivity contribution in [3.63, 3.8) is 0 Å². The molecule has 0 atom stereocenters. The smallest absolute Gasteiger partial charge is 0.176 e. The number of ketones is 1. The Bertz CT molecular complexity index is 807. The number of carbonyl (C=O) groups is 1. The molecule has 1 heterocycles. The predicted octanol–water partition coefficient (Wildman–Crippen LogP) is 4.53. The number of Topliss-reactive ketones (excluding diaryl/α,β-unsaturated/α-hetero) is 1. The Balaban J connectivity index is 2.06. The molecular weight excluding hydrogens is 282 g/mol. The molecule has 0 radical (unpaired) electrons. The maximum Gasteiger partial charge on any atom is 0.176 e. The predicted molar refractivity (Wildman–Crippen MR) is 85.4 cm³/mol. The number of carbonyl (C=O) groups excluding carboxylic acids is 1. The largest absolute Gasteiger partial charge is 0.497 e. The highest BCUT2D eigenvalue weighted by atomic mass is 32.2. The van der Waals surface area contributed by atoms with Gasteiger partial charge in [-0.15, -0.1) is 0 Å². The average Bonchev–Trinajstić information content (AvgIpc) is 2.87. The van der Waals surface area contributed by atoms with Crippen molar-refractivity contribution in [3.8, 4) is 5.75 Å². The lowest BCUT2D eigenvalue weighted by Crippen LogP contribution is -1.92. The van der Waals surface area contributed by atoms with Gasteiger partial charge in [0.05, 0.1) is 17.8 Å². The van der Waals surface area contributed by atoms with Gasteiger partial charge in [0.25, 0.3) is 0 Å². The molecule has 3 aromatic rings. The van der Waals surface area contributed by atoms with Crippen molar-refractivity contribution in [1.29, 1.82) is 0 Å². The van der Waals surface area contributed by atoms with Gasteiger partial charge in [0.1, 0.15) is 5.75 Å². The summed E-state index contributed by atoms with van der Waals surface area (Å²) in [6.45, 7) is 1.58. The van der Waals surface area contributed by atoms with Crippen LogP contribution < -0.4 is 4.74 Å². The summed E-state index contributed by atoms with van der Waals surface area (Å²) in [6.07, 6.45) is 0. The van der Waals surface area contributed by atoms with Crippen molar-refractivity contribution in [1.82, 2.24) is 4.98 Å². The molecule has 0 aliphatic rings. The first kappa shape index (κ1) is 13.8. The van der Waals surface area contributed by atoms with E-state index in [-0.39, 0.29) is 5.78 Å². The number of fused-ring (bicyclic) bond motifs is 1. The quantitative estimate of drug-likeness (QED) is 0.719. The molecule has 21 heavy (non-hydrogen) atoms. The zero-order valence-corrected chi connectivity index (χ0v) is 12.7. The summed E-state index contributed by atoms with van der Waals surface area (Å²) in [6, 6.07) is 15.8. The van der Waals surface area contributed by atoms with Crippen molar-refractivity contribution < 1.29 is 9.53 Å². The molecule has 0 bridgehead atoms. The van der Waals surface area contributed by atoms with Crippen molar-refractivity contribution in [3.05, 3.63) is 54.2 Å². The lowest BCUT2D eigenvalue weighted by molar-refractivity contribution is 0.101. The van der Waals surface area contributed by atoms with E-state index in [0.29, 0.717) is 5.69 Å². The second-order valence-electron chi connectivity index (χ2n) is 4.71. The number of ether oxygens (including phenoxy) is 1. The fourth-order valence-corrected chi connectivity index (χ4v) is 3.29. The summed E-state index contributed by atoms with van der Waals surface area (Å²) < 4.78 is 5.25. The van der Waals surface area contributed by atoms with E-state index in [1.54, 1.807) is 25.8 Å². The van der Waals surface area contributed by atoms with Gasteiger partial charge in [-0.2, -0.15) is 0 Å². The van der Waals surface area contributed by atoms with Crippen LogP contribution >= 0.6 is 11.8 Å². The highest BCUT2D eigenvalue weighted by Gasteiger charge is 2.13. The molecule has 0 aliphatic heterocycles. The third kappa shape index (κ3) is 2.67. The number of aromatic amines is 1. The van der Waals surface area contributed by atoms with E-state index in [1.165, 1.54) is 0 Å². The first-order chi connectivity index (χ1) is 10.2. The number of rotatable bonds is 4. The Hall–Kier alpha value is -2.20. The molecule has 1 N–H and O–H groups in total. The van der Waals surface area contributed by atoms with E-state index in [1.807, 2.05) is 48.5 Å². The van der Waals surface area contributed by atoms with Gasteiger partial charge in [0, 0.05) is 22.6 Å². The zero-order valence-electron chi connectivity index (χ0n) is 11.8. The molecule has 0 unspecified atom stereocenters. The van der Waals surface area contributed by atoms with E-state index < -0.39 is 0 Å². The van der Waals surface area contributed by atoms with Crippen molar-refractivity contribution in [2.45, 2.75) is 16.8 Å². The minimum atomic E-state index is 0.0451. The highest BCUT2D eigenvalue weighted by molar-refractivity contribution is 7.99. The SMILES string of the molecule is COc1cccc(Sc2[nH]c(C(C)=O)c3ccccc23)c1. The standard InChI is InChI=1S/C17H15NO2S/c1-11(19)16-14-8-3-4-9-15(14)17(18-16)21-13-7-5-6-12(10-13)20-2/h3-10,18H,1-2H3. The molecular formula is C17H15NO2S. The fourth-order valence-electron chi connectivity index (χ4n) is 2.29. The Morgan fingerprint density at radius 1 is 1.10 bits per heavy atom. The minimum absolute atomic E-state index is 0.0451. The summed E-state index contributed by atoms with van der Waals surface area (Å²) >= 11 is 1.60. The van der Waals surface area contributed by atoms with Crippen molar-refractivity contribution in [2.75, 3.05) is 7.11 Å². The van der Waals surface area contributed by atoms with Gasteiger partial charge >= 0.3 is 0 Å². The zero-order chi connectivity index (χ0) is 14.8.